The van der Waals surface area contributed by atoms with Gasteiger partial charge in [-0.3, -0.25) is 14.5 Å². The molecular weight excluding hydrogens is 510 g/mol. The molecule has 198 valence electrons. The standard InChI is InChI=1S/C27H34ClN5O3S/c1-3-36-23-11-9-22(10-12-23)33-26(35)24(19-25(34)29-21-7-5-20(28)6-8-21)32(27(33)37)14-4-13-31-17-15-30(2)16-18-31/h5-12,24H,3-4,13-19H2,1-2H3,(H,29,34)/t24-/m1/s1. The number of carbonyl (C=O) groups excluding carboxylic acids is 2. The molecule has 2 aliphatic rings. The summed E-state index contributed by atoms with van der Waals surface area (Å²) >= 11 is 11.8. The van der Waals surface area contributed by atoms with Crippen LogP contribution >= 0.6 is 23.8 Å². The third kappa shape index (κ3) is 6.98. The summed E-state index contributed by atoms with van der Waals surface area (Å²) in [5.41, 5.74) is 1.30. The molecule has 0 radical (unpaired) electrons. The minimum absolute atomic E-state index is 0.00361. The SMILES string of the molecule is CCOc1ccc(N2C(=O)[C@@H](CC(=O)Nc3ccc(Cl)cc3)N(CCCN3CCN(C)CC3)C2=S)cc1. The number of carbonyl (C=O) groups is 2. The number of piperazine rings is 1. The molecule has 2 aromatic rings. The molecular formula is C27H34ClN5O3S. The van der Waals surface area contributed by atoms with Crippen molar-refractivity contribution in [3.05, 3.63) is 53.6 Å². The number of halogens is 1. The molecule has 10 heteroatoms. The van der Waals surface area contributed by atoms with Crippen LogP contribution in [-0.2, 0) is 9.59 Å². The molecule has 2 aromatic carbocycles. The summed E-state index contributed by atoms with van der Waals surface area (Å²) in [7, 11) is 2.14. The van der Waals surface area contributed by atoms with Crippen LogP contribution in [-0.4, -0.2) is 90.6 Å². The van der Waals surface area contributed by atoms with Crippen molar-refractivity contribution in [2.24, 2.45) is 0 Å². The summed E-state index contributed by atoms with van der Waals surface area (Å²) in [6.07, 6.45) is 0.854. The van der Waals surface area contributed by atoms with Gasteiger partial charge in [0.05, 0.1) is 18.7 Å². The van der Waals surface area contributed by atoms with Crippen LogP contribution in [0.2, 0.25) is 5.02 Å². The summed E-state index contributed by atoms with van der Waals surface area (Å²) in [5.74, 6) is 0.285. The molecule has 0 spiro atoms. The van der Waals surface area contributed by atoms with Crippen LogP contribution in [0.3, 0.4) is 0 Å². The zero-order valence-electron chi connectivity index (χ0n) is 21.4. The maximum absolute atomic E-state index is 13.6. The molecule has 0 unspecified atom stereocenters. The van der Waals surface area contributed by atoms with E-state index in [0.29, 0.717) is 34.7 Å². The largest absolute Gasteiger partial charge is 0.494 e. The highest BCUT2D eigenvalue weighted by molar-refractivity contribution is 7.80. The predicted octanol–water partition coefficient (Wildman–Crippen LogP) is 3.71. The average Bonchev–Trinajstić information content (AvgIpc) is 3.11. The minimum Gasteiger partial charge on any atom is -0.494 e. The van der Waals surface area contributed by atoms with Crippen molar-refractivity contribution in [1.82, 2.24) is 14.7 Å². The third-order valence-electron chi connectivity index (χ3n) is 6.70. The first kappa shape index (κ1) is 27.3. The highest BCUT2D eigenvalue weighted by Gasteiger charge is 2.43. The lowest BCUT2D eigenvalue weighted by atomic mass is 10.1. The van der Waals surface area contributed by atoms with Gasteiger partial charge >= 0.3 is 0 Å². The predicted molar refractivity (Wildman–Crippen MR) is 151 cm³/mol. The second kappa shape index (κ2) is 12.7. The lowest BCUT2D eigenvalue weighted by molar-refractivity contribution is -0.124. The van der Waals surface area contributed by atoms with E-state index in [-0.39, 0.29) is 18.2 Å². The number of benzene rings is 2. The Morgan fingerprint density at radius 3 is 2.38 bits per heavy atom. The van der Waals surface area contributed by atoms with Gasteiger partial charge in [-0.2, -0.15) is 0 Å². The molecule has 0 bridgehead atoms. The second-order valence-electron chi connectivity index (χ2n) is 9.35. The van der Waals surface area contributed by atoms with Crippen LogP contribution in [0, 0.1) is 0 Å². The highest BCUT2D eigenvalue weighted by atomic mass is 35.5. The monoisotopic (exact) mass is 543 g/mol. The van der Waals surface area contributed by atoms with Crippen LogP contribution in [0.15, 0.2) is 48.5 Å². The molecule has 37 heavy (non-hydrogen) atoms. The van der Waals surface area contributed by atoms with Crippen LogP contribution in [0.5, 0.6) is 5.75 Å². The van der Waals surface area contributed by atoms with Gasteiger partial charge in [0.1, 0.15) is 11.8 Å². The fourth-order valence-corrected chi connectivity index (χ4v) is 5.18. The molecule has 0 saturated carbocycles. The van der Waals surface area contributed by atoms with E-state index < -0.39 is 6.04 Å². The van der Waals surface area contributed by atoms with Gasteiger partial charge in [0.15, 0.2) is 5.11 Å². The van der Waals surface area contributed by atoms with Gasteiger partial charge in [-0.05, 0) is 87.7 Å². The van der Waals surface area contributed by atoms with E-state index in [4.69, 9.17) is 28.6 Å². The van der Waals surface area contributed by atoms with Gasteiger partial charge in [0.2, 0.25) is 5.91 Å². The summed E-state index contributed by atoms with van der Waals surface area (Å²) in [6.45, 7) is 8.19. The number of hydrogen-bond acceptors (Lipinski definition) is 6. The zero-order chi connectivity index (χ0) is 26.4. The zero-order valence-corrected chi connectivity index (χ0v) is 22.9. The topological polar surface area (TPSA) is 68.4 Å². The molecule has 8 nitrogen and oxygen atoms in total. The summed E-state index contributed by atoms with van der Waals surface area (Å²) in [4.78, 5) is 34.8. The fraction of sp³-hybridized carbons (Fsp3) is 0.444. The Morgan fingerprint density at radius 1 is 1.05 bits per heavy atom. The van der Waals surface area contributed by atoms with Crippen molar-refractivity contribution < 1.29 is 14.3 Å². The number of nitrogens with zero attached hydrogens (tertiary/aromatic N) is 4. The smallest absolute Gasteiger partial charge is 0.256 e. The third-order valence-corrected chi connectivity index (χ3v) is 7.37. The van der Waals surface area contributed by atoms with Gasteiger partial charge in [0.25, 0.3) is 5.91 Å². The number of thiocarbonyl (C=S) groups is 1. The van der Waals surface area contributed by atoms with E-state index in [9.17, 15) is 9.59 Å². The summed E-state index contributed by atoms with van der Waals surface area (Å²) in [6, 6.07) is 13.5. The Morgan fingerprint density at radius 2 is 1.73 bits per heavy atom. The summed E-state index contributed by atoms with van der Waals surface area (Å²) in [5, 5.41) is 3.89. The molecule has 1 N–H and O–H groups in total. The lowest BCUT2D eigenvalue weighted by Gasteiger charge is -2.33. The number of anilines is 2. The van der Waals surface area contributed by atoms with E-state index in [1.165, 1.54) is 0 Å². The van der Waals surface area contributed by atoms with Crippen molar-refractivity contribution in [3.63, 3.8) is 0 Å². The molecule has 4 rings (SSSR count). The number of ether oxygens (including phenoxy) is 1. The number of rotatable bonds is 10. The lowest BCUT2D eigenvalue weighted by Crippen LogP contribution is -2.45. The van der Waals surface area contributed by atoms with Crippen LogP contribution in [0.25, 0.3) is 0 Å². The Hall–Kier alpha value is -2.72. The fourth-order valence-electron chi connectivity index (χ4n) is 4.64. The molecule has 2 heterocycles. The first-order valence-corrected chi connectivity index (χ1v) is 13.5. The van der Waals surface area contributed by atoms with Gasteiger partial charge in [-0.1, -0.05) is 11.6 Å². The summed E-state index contributed by atoms with van der Waals surface area (Å²) < 4.78 is 5.54. The quantitative estimate of drug-likeness (QED) is 0.458. The van der Waals surface area contributed by atoms with E-state index in [2.05, 4.69) is 22.2 Å². The number of nitrogens with one attached hydrogen (secondary N) is 1. The van der Waals surface area contributed by atoms with Crippen molar-refractivity contribution in [1.29, 1.82) is 0 Å². The maximum atomic E-state index is 13.6. The van der Waals surface area contributed by atoms with Crippen molar-refractivity contribution in [3.8, 4) is 5.75 Å². The number of hydrogen-bond donors (Lipinski definition) is 1. The minimum atomic E-state index is -0.668. The van der Waals surface area contributed by atoms with E-state index in [1.54, 1.807) is 29.2 Å². The van der Waals surface area contributed by atoms with E-state index in [0.717, 1.165) is 44.9 Å². The van der Waals surface area contributed by atoms with Gasteiger partial charge in [-0.25, -0.2) is 0 Å². The Kier molecular flexibility index (Phi) is 9.37. The number of likely N-dealkylation sites (N-methyl/N-ethyl adjacent to an activating group) is 1. The first-order valence-electron chi connectivity index (χ1n) is 12.7. The molecule has 2 saturated heterocycles. The van der Waals surface area contributed by atoms with Crippen LogP contribution in [0.1, 0.15) is 19.8 Å². The van der Waals surface area contributed by atoms with Crippen molar-refractivity contribution >= 4 is 52.1 Å². The molecule has 0 aromatic heterocycles. The van der Waals surface area contributed by atoms with Gasteiger partial charge < -0.3 is 24.8 Å². The normalized spacial score (nSPS) is 18.9. The average molecular weight is 544 g/mol. The molecule has 2 fully saturated rings. The Bertz CT molecular complexity index is 1090. The first-order chi connectivity index (χ1) is 17.9. The molecule has 2 aliphatic heterocycles. The second-order valence-corrected chi connectivity index (χ2v) is 10.2. The van der Waals surface area contributed by atoms with Gasteiger partial charge in [0, 0.05) is 43.4 Å². The van der Waals surface area contributed by atoms with E-state index >= 15 is 0 Å². The van der Waals surface area contributed by atoms with Crippen molar-refractivity contribution in [2.75, 3.05) is 63.1 Å². The Labute approximate surface area is 229 Å². The maximum Gasteiger partial charge on any atom is 0.256 e. The van der Waals surface area contributed by atoms with Crippen LogP contribution < -0.4 is 15.0 Å². The highest BCUT2D eigenvalue weighted by Crippen LogP contribution is 2.29. The Balaban J connectivity index is 1.47. The van der Waals surface area contributed by atoms with E-state index in [1.807, 2.05) is 36.1 Å². The van der Waals surface area contributed by atoms with Crippen LogP contribution in [0.4, 0.5) is 11.4 Å². The van der Waals surface area contributed by atoms with Crippen molar-refractivity contribution in [2.45, 2.75) is 25.8 Å². The molecule has 2 amide bonds. The number of amides is 2. The van der Waals surface area contributed by atoms with Gasteiger partial charge in [-0.15, -0.1) is 0 Å². The molecule has 1 atom stereocenters. The molecule has 0 aliphatic carbocycles.